The molecule has 4 aromatic rings. The smallest absolute Gasteiger partial charge is 0.272 e. The Labute approximate surface area is 179 Å². The van der Waals surface area contributed by atoms with E-state index in [1.807, 2.05) is 55.5 Å². The molecule has 2 heterocycles. The largest absolute Gasteiger partial charge is 0.350 e. The van der Waals surface area contributed by atoms with E-state index in [0.717, 1.165) is 53.2 Å². The van der Waals surface area contributed by atoms with Crippen molar-refractivity contribution in [2.24, 2.45) is 5.41 Å². The Morgan fingerprint density at radius 3 is 2.61 bits per heavy atom. The Hall–Kier alpha value is -3.41. The summed E-state index contributed by atoms with van der Waals surface area (Å²) in [5, 5.41) is 13.0. The Morgan fingerprint density at radius 1 is 1.06 bits per heavy atom. The third kappa shape index (κ3) is 2.89. The number of hydrogen-bond donors (Lipinski definition) is 3. The monoisotopic (exact) mass is 412 g/mol. The lowest BCUT2D eigenvalue weighted by Crippen LogP contribution is -2.55. The molecule has 6 rings (SSSR count). The van der Waals surface area contributed by atoms with Crippen molar-refractivity contribution in [3.8, 4) is 0 Å². The highest BCUT2D eigenvalue weighted by Gasteiger charge is 2.54. The molecule has 0 radical (unpaired) electrons. The van der Waals surface area contributed by atoms with Crippen LogP contribution in [0.4, 0.5) is 0 Å². The number of fused-ring (bicyclic) bond motifs is 2. The number of nitrogens with one attached hydrogen (secondary N) is 3. The molecule has 1 spiro atoms. The van der Waals surface area contributed by atoms with Crippen LogP contribution >= 0.6 is 0 Å². The number of aromatic nitrogens is 3. The average molecular weight is 412 g/mol. The highest BCUT2D eigenvalue weighted by Crippen LogP contribution is 2.62. The van der Waals surface area contributed by atoms with E-state index in [2.05, 4.69) is 20.5 Å². The quantitative estimate of drug-likeness (QED) is 0.472. The Kier molecular flexibility index (Phi) is 3.88. The van der Waals surface area contributed by atoms with Gasteiger partial charge in [-0.15, -0.1) is 0 Å². The summed E-state index contributed by atoms with van der Waals surface area (Å²) in [5.74, 6) is 0.342. The third-order valence-electron chi connectivity index (χ3n) is 7.27. The standard InChI is InChI=1S/C25H24N4O2/c1-14-5-4-6-15-9-20(27-21(14)15)24(31)26-17-12-25(13-17)10-16(11-25)22-18-7-2-3-8-19(18)23(30)29-28-22/h2-9,16-17,27H,10-13H2,1H3,(H,26,31)(H,29,30)/t16-,17-,25?. The van der Waals surface area contributed by atoms with Gasteiger partial charge in [0.15, 0.2) is 0 Å². The molecule has 2 fully saturated rings. The molecule has 0 aliphatic heterocycles. The van der Waals surface area contributed by atoms with Gasteiger partial charge in [0.25, 0.3) is 11.5 Å². The van der Waals surface area contributed by atoms with Crippen LogP contribution in [0.15, 0.2) is 53.3 Å². The minimum Gasteiger partial charge on any atom is -0.350 e. The number of carbonyl (C=O) groups is 1. The van der Waals surface area contributed by atoms with E-state index in [9.17, 15) is 9.59 Å². The van der Waals surface area contributed by atoms with Crippen molar-refractivity contribution >= 4 is 27.6 Å². The number of aromatic amines is 2. The molecular formula is C25H24N4O2. The summed E-state index contributed by atoms with van der Waals surface area (Å²) >= 11 is 0. The van der Waals surface area contributed by atoms with Crippen molar-refractivity contribution < 1.29 is 4.79 Å². The molecule has 1 amide bonds. The Balaban J connectivity index is 1.11. The van der Waals surface area contributed by atoms with Crippen molar-refractivity contribution in [2.75, 3.05) is 0 Å². The first-order valence-electron chi connectivity index (χ1n) is 10.9. The van der Waals surface area contributed by atoms with E-state index in [1.54, 1.807) is 0 Å². The highest BCUT2D eigenvalue weighted by atomic mass is 16.2. The maximum Gasteiger partial charge on any atom is 0.272 e. The fourth-order valence-electron chi connectivity index (χ4n) is 5.74. The first-order valence-corrected chi connectivity index (χ1v) is 10.9. The van der Waals surface area contributed by atoms with E-state index in [0.29, 0.717) is 22.4 Å². The number of benzene rings is 2. The second-order valence-corrected chi connectivity index (χ2v) is 9.39. The van der Waals surface area contributed by atoms with E-state index in [1.165, 1.54) is 0 Å². The Morgan fingerprint density at radius 2 is 1.84 bits per heavy atom. The van der Waals surface area contributed by atoms with Gasteiger partial charge >= 0.3 is 0 Å². The summed E-state index contributed by atoms with van der Waals surface area (Å²) < 4.78 is 0. The number of aryl methyl sites for hydroxylation is 1. The number of carbonyl (C=O) groups excluding carboxylic acids is 1. The molecule has 2 saturated carbocycles. The molecule has 2 aromatic heterocycles. The van der Waals surface area contributed by atoms with Crippen molar-refractivity contribution in [2.45, 2.75) is 44.6 Å². The van der Waals surface area contributed by atoms with Crippen LogP contribution in [-0.2, 0) is 0 Å². The predicted octanol–water partition coefficient (Wildman–Crippen LogP) is 4.17. The molecular weight excluding hydrogens is 388 g/mol. The molecule has 6 nitrogen and oxygen atoms in total. The number of nitrogens with zero attached hydrogens (tertiary/aromatic N) is 1. The molecule has 0 bridgehead atoms. The lowest BCUT2D eigenvalue weighted by Gasteiger charge is -2.57. The number of H-pyrrole nitrogens is 2. The van der Waals surface area contributed by atoms with Gasteiger partial charge in [0.05, 0.1) is 11.1 Å². The summed E-state index contributed by atoms with van der Waals surface area (Å²) in [6.07, 6.45) is 4.15. The highest BCUT2D eigenvalue weighted by molar-refractivity contribution is 5.98. The minimum atomic E-state index is -0.132. The van der Waals surface area contributed by atoms with Gasteiger partial charge < -0.3 is 10.3 Å². The van der Waals surface area contributed by atoms with Crippen LogP contribution in [0.2, 0.25) is 0 Å². The van der Waals surface area contributed by atoms with Gasteiger partial charge in [0, 0.05) is 28.2 Å². The average Bonchev–Trinajstić information content (AvgIpc) is 3.16. The van der Waals surface area contributed by atoms with Crippen LogP contribution in [-0.4, -0.2) is 27.1 Å². The van der Waals surface area contributed by atoms with Crippen molar-refractivity contribution in [1.29, 1.82) is 0 Å². The molecule has 0 unspecified atom stereocenters. The minimum absolute atomic E-state index is 0.0281. The van der Waals surface area contributed by atoms with Crippen LogP contribution in [0, 0.1) is 12.3 Å². The summed E-state index contributed by atoms with van der Waals surface area (Å²) in [6.45, 7) is 2.05. The maximum atomic E-state index is 12.7. The zero-order valence-corrected chi connectivity index (χ0v) is 17.4. The summed E-state index contributed by atoms with van der Waals surface area (Å²) in [4.78, 5) is 28.0. The molecule has 0 saturated heterocycles. The fourth-order valence-corrected chi connectivity index (χ4v) is 5.74. The van der Waals surface area contributed by atoms with Gasteiger partial charge in [0.1, 0.15) is 5.69 Å². The number of para-hydroxylation sites is 1. The van der Waals surface area contributed by atoms with Crippen molar-refractivity contribution in [3.05, 3.63) is 75.8 Å². The van der Waals surface area contributed by atoms with Crippen LogP contribution < -0.4 is 10.9 Å². The summed E-state index contributed by atoms with van der Waals surface area (Å²) in [5.41, 5.74) is 3.97. The van der Waals surface area contributed by atoms with E-state index in [4.69, 9.17) is 0 Å². The first kappa shape index (κ1) is 18.4. The molecule has 6 heteroatoms. The van der Waals surface area contributed by atoms with Crippen LogP contribution in [0.25, 0.3) is 21.7 Å². The molecule has 31 heavy (non-hydrogen) atoms. The second-order valence-electron chi connectivity index (χ2n) is 9.39. The fraction of sp³-hybridized carbons (Fsp3) is 0.320. The van der Waals surface area contributed by atoms with Gasteiger partial charge in [-0.1, -0.05) is 36.4 Å². The molecule has 156 valence electrons. The van der Waals surface area contributed by atoms with Gasteiger partial charge in [-0.2, -0.15) is 5.10 Å². The van der Waals surface area contributed by atoms with Gasteiger partial charge in [-0.05, 0) is 55.7 Å². The van der Waals surface area contributed by atoms with Crippen molar-refractivity contribution in [1.82, 2.24) is 20.5 Å². The molecule has 2 aromatic carbocycles. The molecule has 0 atom stereocenters. The topological polar surface area (TPSA) is 90.6 Å². The van der Waals surface area contributed by atoms with E-state index >= 15 is 0 Å². The number of rotatable bonds is 3. The second kappa shape index (κ2) is 6.54. The van der Waals surface area contributed by atoms with Crippen LogP contribution in [0.5, 0.6) is 0 Å². The zero-order valence-electron chi connectivity index (χ0n) is 17.4. The lowest BCUT2D eigenvalue weighted by atomic mass is 9.49. The van der Waals surface area contributed by atoms with Gasteiger partial charge in [-0.3, -0.25) is 9.59 Å². The van der Waals surface area contributed by atoms with E-state index < -0.39 is 0 Å². The first-order chi connectivity index (χ1) is 15.0. The number of amides is 1. The van der Waals surface area contributed by atoms with Crippen molar-refractivity contribution in [3.63, 3.8) is 0 Å². The number of hydrogen-bond acceptors (Lipinski definition) is 3. The SMILES string of the molecule is Cc1cccc2cc(C(=O)N[C@H]3CC4(C3)C[C@H](c3n[nH]c(=O)c5ccccc53)C4)[nH]c12. The molecule has 2 aliphatic carbocycles. The molecule has 2 aliphatic rings. The predicted molar refractivity (Wildman–Crippen MR) is 120 cm³/mol. The van der Waals surface area contributed by atoms with Crippen LogP contribution in [0.3, 0.4) is 0 Å². The van der Waals surface area contributed by atoms with E-state index in [-0.39, 0.29) is 17.5 Å². The summed E-state index contributed by atoms with van der Waals surface area (Å²) in [7, 11) is 0. The van der Waals surface area contributed by atoms with Gasteiger partial charge in [0.2, 0.25) is 0 Å². The maximum absolute atomic E-state index is 12.7. The third-order valence-corrected chi connectivity index (χ3v) is 7.27. The molecule has 3 N–H and O–H groups in total. The zero-order chi connectivity index (χ0) is 21.2. The van der Waals surface area contributed by atoms with Crippen LogP contribution in [0.1, 0.15) is 53.3 Å². The Bertz CT molecular complexity index is 1390. The van der Waals surface area contributed by atoms with Gasteiger partial charge in [-0.25, -0.2) is 5.10 Å². The normalized spacial score (nSPS) is 24.8. The summed E-state index contributed by atoms with van der Waals surface area (Å²) in [6, 6.07) is 15.9. The lowest BCUT2D eigenvalue weighted by molar-refractivity contribution is -0.0197.